The van der Waals surface area contributed by atoms with Crippen LogP contribution in [0.1, 0.15) is 29.3 Å². The second kappa shape index (κ2) is 8.06. The molecule has 2 saturated heterocycles. The van der Waals surface area contributed by atoms with Gasteiger partial charge in [0.25, 0.3) is 0 Å². The monoisotopic (exact) mass is 378 g/mol. The van der Waals surface area contributed by atoms with Gasteiger partial charge < -0.3 is 30.3 Å². The Hall–Kier alpha value is -1.81. The lowest BCUT2D eigenvalue weighted by Crippen LogP contribution is -2.56. The second-order valence-electron chi connectivity index (χ2n) is 7.94. The predicted molar refractivity (Wildman–Crippen MR) is 100 cm³/mol. The fraction of sp³-hybridized carbons (Fsp3) is 0.611. The molecule has 0 amide bonds. The van der Waals surface area contributed by atoms with Gasteiger partial charge in [-0.2, -0.15) is 0 Å². The van der Waals surface area contributed by atoms with Crippen LogP contribution in [0.25, 0.3) is 0 Å². The van der Waals surface area contributed by atoms with Gasteiger partial charge >= 0.3 is 13.1 Å². The van der Waals surface area contributed by atoms with Gasteiger partial charge in [-0.3, -0.25) is 4.90 Å². The van der Waals surface area contributed by atoms with Crippen molar-refractivity contribution in [3.63, 3.8) is 0 Å². The Morgan fingerprint density at radius 1 is 1.41 bits per heavy atom. The van der Waals surface area contributed by atoms with E-state index in [0.717, 1.165) is 39.1 Å². The standard InChI is InChI=1S/C18H27BN2O6/c1-18(5-7-20-10-18)11-21-8-13(9-21)27-14-3-2-12(4-6-19(25)26)16(22)15(14)17(23)24/h2-3,13,20,22,25-26H,4-11H2,1H3,(H,23,24). The molecule has 3 rings (SSSR count). The molecule has 1 aromatic rings. The molecule has 2 fully saturated rings. The van der Waals surface area contributed by atoms with Crippen LogP contribution in [-0.2, 0) is 6.42 Å². The van der Waals surface area contributed by atoms with Crippen molar-refractivity contribution >= 4 is 13.1 Å². The molecule has 0 spiro atoms. The number of benzene rings is 1. The lowest BCUT2D eigenvalue weighted by Gasteiger charge is -2.43. The molecular formula is C18H27BN2O6. The maximum atomic E-state index is 11.6. The minimum atomic E-state index is -1.51. The number of nitrogens with zero attached hydrogens (tertiary/aromatic N) is 1. The number of carbonyl (C=O) groups is 1. The van der Waals surface area contributed by atoms with Gasteiger partial charge in [0.05, 0.1) is 0 Å². The topological polar surface area (TPSA) is 122 Å². The van der Waals surface area contributed by atoms with E-state index in [1.807, 2.05) is 0 Å². The largest absolute Gasteiger partial charge is 0.507 e. The number of hydrogen-bond acceptors (Lipinski definition) is 7. The van der Waals surface area contributed by atoms with E-state index in [1.165, 1.54) is 6.07 Å². The van der Waals surface area contributed by atoms with Gasteiger partial charge in [0.2, 0.25) is 0 Å². The number of likely N-dealkylation sites (tertiary alicyclic amines) is 1. The Labute approximate surface area is 158 Å². The van der Waals surface area contributed by atoms with E-state index < -0.39 is 13.1 Å². The zero-order valence-corrected chi connectivity index (χ0v) is 15.5. The minimum Gasteiger partial charge on any atom is -0.507 e. The molecule has 1 unspecified atom stereocenters. The highest BCUT2D eigenvalue weighted by molar-refractivity contribution is 6.41. The Balaban J connectivity index is 1.61. The average Bonchev–Trinajstić information content (AvgIpc) is 2.98. The second-order valence-corrected chi connectivity index (χ2v) is 7.94. The van der Waals surface area contributed by atoms with Crippen LogP contribution in [0.5, 0.6) is 11.5 Å². The summed E-state index contributed by atoms with van der Waals surface area (Å²) in [5, 5.41) is 41.1. The number of carboxylic acids is 1. The van der Waals surface area contributed by atoms with Gasteiger partial charge in [0.1, 0.15) is 23.2 Å². The molecule has 0 bridgehead atoms. The van der Waals surface area contributed by atoms with Crippen molar-refractivity contribution in [2.24, 2.45) is 5.41 Å². The summed E-state index contributed by atoms with van der Waals surface area (Å²) in [5.41, 5.74) is 0.351. The molecule has 1 aromatic carbocycles. The quantitative estimate of drug-likeness (QED) is 0.406. The summed E-state index contributed by atoms with van der Waals surface area (Å²) in [7, 11) is -1.51. The molecule has 0 aliphatic carbocycles. The minimum absolute atomic E-state index is 0.0119. The molecule has 27 heavy (non-hydrogen) atoms. The van der Waals surface area contributed by atoms with Crippen LogP contribution in [0.2, 0.25) is 6.32 Å². The number of hydrogen-bond donors (Lipinski definition) is 5. The van der Waals surface area contributed by atoms with Crippen molar-refractivity contribution in [2.45, 2.75) is 32.2 Å². The van der Waals surface area contributed by atoms with Crippen LogP contribution in [0.4, 0.5) is 0 Å². The first kappa shape index (κ1) is 19.9. The fourth-order valence-corrected chi connectivity index (χ4v) is 3.86. The summed E-state index contributed by atoms with van der Waals surface area (Å²) in [6.07, 6.45) is 1.22. The number of aryl methyl sites for hydroxylation is 1. The van der Waals surface area contributed by atoms with E-state index in [9.17, 15) is 15.0 Å². The lowest BCUT2D eigenvalue weighted by atomic mass is 9.82. The van der Waals surface area contributed by atoms with Crippen LogP contribution in [0, 0.1) is 5.41 Å². The molecule has 0 aromatic heterocycles. The number of aromatic hydroxyl groups is 1. The smallest absolute Gasteiger partial charge is 0.451 e. The number of rotatable bonds is 8. The summed E-state index contributed by atoms with van der Waals surface area (Å²) in [4.78, 5) is 13.9. The number of ether oxygens (including phenoxy) is 1. The van der Waals surface area contributed by atoms with E-state index in [1.54, 1.807) is 6.07 Å². The predicted octanol–water partition coefficient (Wildman–Crippen LogP) is 0.168. The first-order chi connectivity index (χ1) is 12.8. The molecule has 2 heterocycles. The Morgan fingerprint density at radius 2 is 2.15 bits per heavy atom. The van der Waals surface area contributed by atoms with E-state index >= 15 is 0 Å². The van der Waals surface area contributed by atoms with Crippen LogP contribution in [-0.4, -0.2) is 77.1 Å². The molecule has 2 aliphatic heterocycles. The number of phenols is 1. The zero-order chi connectivity index (χ0) is 19.6. The number of aromatic carboxylic acids is 1. The van der Waals surface area contributed by atoms with E-state index in [-0.39, 0.29) is 41.3 Å². The van der Waals surface area contributed by atoms with E-state index in [4.69, 9.17) is 14.8 Å². The summed E-state index contributed by atoms with van der Waals surface area (Å²) in [6.45, 7) is 6.77. The summed E-state index contributed by atoms with van der Waals surface area (Å²) < 4.78 is 5.83. The Morgan fingerprint density at radius 3 is 2.74 bits per heavy atom. The third-order valence-corrected chi connectivity index (χ3v) is 5.39. The molecule has 5 N–H and O–H groups in total. The first-order valence-electron chi connectivity index (χ1n) is 9.31. The van der Waals surface area contributed by atoms with Crippen molar-refractivity contribution in [3.05, 3.63) is 23.3 Å². The first-order valence-corrected chi connectivity index (χ1v) is 9.31. The summed E-state index contributed by atoms with van der Waals surface area (Å²) in [5.74, 6) is -1.50. The van der Waals surface area contributed by atoms with Crippen molar-refractivity contribution in [2.75, 3.05) is 32.7 Å². The number of carboxylic acid groups (broad SMARTS) is 1. The summed E-state index contributed by atoms with van der Waals surface area (Å²) in [6, 6.07) is 3.11. The van der Waals surface area contributed by atoms with Crippen LogP contribution < -0.4 is 10.1 Å². The summed E-state index contributed by atoms with van der Waals surface area (Å²) >= 11 is 0. The van der Waals surface area contributed by atoms with Crippen LogP contribution in [0.15, 0.2) is 12.1 Å². The molecule has 9 heteroatoms. The highest BCUT2D eigenvalue weighted by atomic mass is 16.5. The normalized spacial score (nSPS) is 23.2. The van der Waals surface area contributed by atoms with Gasteiger partial charge in [0, 0.05) is 26.2 Å². The molecule has 8 nitrogen and oxygen atoms in total. The average molecular weight is 378 g/mol. The van der Waals surface area contributed by atoms with E-state index in [0.29, 0.717) is 5.56 Å². The lowest BCUT2D eigenvalue weighted by molar-refractivity contribution is -0.00235. The number of nitrogens with one attached hydrogen (secondary N) is 1. The molecule has 0 saturated carbocycles. The van der Waals surface area contributed by atoms with Crippen molar-refractivity contribution in [1.29, 1.82) is 0 Å². The third-order valence-electron chi connectivity index (χ3n) is 5.39. The SMILES string of the molecule is CC1(CN2CC(Oc3ccc(CCB(O)O)c(O)c3C(=O)O)C2)CCNC1. The van der Waals surface area contributed by atoms with Crippen molar-refractivity contribution in [3.8, 4) is 11.5 Å². The van der Waals surface area contributed by atoms with Crippen LogP contribution in [0.3, 0.4) is 0 Å². The fourth-order valence-electron chi connectivity index (χ4n) is 3.86. The Bertz CT molecular complexity index is 687. The molecule has 2 aliphatic rings. The highest BCUT2D eigenvalue weighted by Crippen LogP contribution is 2.34. The maximum Gasteiger partial charge on any atom is 0.451 e. The van der Waals surface area contributed by atoms with Gasteiger partial charge in [-0.1, -0.05) is 13.0 Å². The van der Waals surface area contributed by atoms with Gasteiger partial charge in [-0.05, 0) is 42.8 Å². The molecule has 148 valence electrons. The third kappa shape index (κ3) is 4.73. The molecule has 0 radical (unpaired) electrons. The van der Waals surface area contributed by atoms with E-state index in [2.05, 4.69) is 17.1 Å². The van der Waals surface area contributed by atoms with Gasteiger partial charge in [0.15, 0.2) is 0 Å². The van der Waals surface area contributed by atoms with Gasteiger partial charge in [-0.25, -0.2) is 4.79 Å². The van der Waals surface area contributed by atoms with Crippen LogP contribution >= 0.6 is 0 Å². The Kier molecular flexibility index (Phi) is 5.95. The maximum absolute atomic E-state index is 11.6. The zero-order valence-electron chi connectivity index (χ0n) is 15.5. The van der Waals surface area contributed by atoms with Gasteiger partial charge in [-0.15, -0.1) is 0 Å². The highest BCUT2D eigenvalue weighted by Gasteiger charge is 2.37. The molecular weight excluding hydrogens is 351 g/mol. The molecule has 1 atom stereocenters. The van der Waals surface area contributed by atoms with Crippen molar-refractivity contribution in [1.82, 2.24) is 10.2 Å². The van der Waals surface area contributed by atoms with Crippen molar-refractivity contribution < 1.29 is 29.8 Å².